The molecule has 1 fully saturated rings. The lowest BCUT2D eigenvalue weighted by Crippen LogP contribution is -2.24. The Kier molecular flexibility index (Phi) is 4.93. The normalized spacial score (nSPS) is 19.4. The monoisotopic (exact) mass is 452 g/mol. The van der Waals surface area contributed by atoms with Gasteiger partial charge in [-0.1, -0.05) is 6.08 Å². The highest BCUT2D eigenvalue weighted by molar-refractivity contribution is 7.90. The number of fused-ring (bicyclic) bond motifs is 3. The third kappa shape index (κ3) is 3.84. The van der Waals surface area contributed by atoms with Gasteiger partial charge in [-0.05, 0) is 60.7 Å². The predicted molar refractivity (Wildman–Crippen MR) is 116 cm³/mol. The van der Waals surface area contributed by atoms with E-state index >= 15 is 0 Å². The first-order chi connectivity index (χ1) is 15.3. The van der Waals surface area contributed by atoms with Crippen LogP contribution >= 0.6 is 0 Å². The van der Waals surface area contributed by atoms with Crippen LogP contribution in [0.4, 0.5) is 4.39 Å². The Bertz CT molecular complexity index is 1350. The molecule has 0 spiro atoms. The second-order valence-electron chi connectivity index (χ2n) is 8.24. The van der Waals surface area contributed by atoms with Crippen molar-refractivity contribution in [3.63, 3.8) is 0 Å². The van der Waals surface area contributed by atoms with Crippen molar-refractivity contribution in [2.75, 3.05) is 6.26 Å². The maximum atomic E-state index is 13.4. The second-order valence-corrected chi connectivity index (χ2v) is 10.2. The Morgan fingerprint density at radius 3 is 2.78 bits per heavy atom. The molecule has 2 aromatic heterocycles. The van der Waals surface area contributed by atoms with Gasteiger partial charge in [-0.2, -0.15) is 5.10 Å². The number of halogens is 1. The average Bonchev–Trinajstić information content (AvgIpc) is 3.44. The number of amides is 1. The SMILES string of the molecule is CS(=O)(=O)c1cc(CNC(=O)C2=CCC3CC3c3c2cnn3-c2ccc(F)cc2)ccn1. The fourth-order valence-corrected chi connectivity index (χ4v) is 4.81. The zero-order chi connectivity index (χ0) is 22.5. The van der Waals surface area contributed by atoms with E-state index in [9.17, 15) is 17.6 Å². The molecule has 9 heteroatoms. The van der Waals surface area contributed by atoms with Crippen molar-refractivity contribution in [2.45, 2.75) is 30.3 Å². The van der Waals surface area contributed by atoms with Gasteiger partial charge in [0.1, 0.15) is 5.82 Å². The number of carbonyl (C=O) groups excluding carboxylic acids is 1. The highest BCUT2D eigenvalue weighted by Crippen LogP contribution is 2.54. The number of aromatic nitrogens is 3. The summed E-state index contributed by atoms with van der Waals surface area (Å²) in [6.07, 6.45) is 8.01. The maximum Gasteiger partial charge on any atom is 0.251 e. The summed E-state index contributed by atoms with van der Waals surface area (Å²) in [5.74, 6) is 0.222. The van der Waals surface area contributed by atoms with E-state index in [4.69, 9.17) is 0 Å². The first-order valence-electron chi connectivity index (χ1n) is 10.3. The smallest absolute Gasteiger partial charge is 0.251 e. The fraction of sp³-hybridized carbons (Fsp3) is 0.261. The summed E-state index contributed by atoms with van der Waals surface area (Å²) in [4.78, 5) is 17.0. The summed E-state index contributed by atoms with van der Waals surface area (Å²) in [6.45, 7) is 0.176. The maximum absolute atomic E-state index is 13.4. The number of nitrogens with one attached hydrogen (secondary N) is 1. The van der Waals surface area contributed by atoms with Gasteiger partial charge >= 0.3 is 0 Å². The quantitative estimate of drug-likeness (QED) is 0.642. The summed E-state index contributed by atoms with van der Waals surface area (Å²) < 4.78 is 38.6. The summed E-state index contributed by atoms with van der Waals surface area (Å²) >= 11 is 0. The van der Waals surface area contributed by atoms with Crippen LogP contribution in [0.1, 0.15) is 35.6 Å². The lowest BCUT2D eigenvalue weighted by atomic mass is 10.0. The van der Waals surface area contributed by atoms with Gasteiger partial charge in [0.15, 0.2) is 14.9 Å². The summed E-state index contributed by atoms with van der Waals surface area (Å²) in [5, 5.41) is 7.36. The van der Waals surface area contributed by atoms with Crippen molar-refractivity contribution < 1.29 is 17.6 Å². The molecule has 0 radical (unpaired) electrons. The molecule has 1 saturated carbocycles. The average molecular weight is 453 g/mol. The Morgan fingerprint density at radius 1 is 1.25 bits per heavy atom. The van der Waals surface area contributed by atoms with Crippen molar-refractivity contribution in [1.29, 1.82) is 0 Å². The van der Waals surface area contributed by atoms with Gasteiger partial charge in [-0.15, -0.1) is 0 Å². The molecule has 2 aliphatic rings. The van der Waals surface area contributed by atoms with Crippen LogP contribution in [0.2, 0.25) is 0 Å². The topological polar surface area (TPSA) is 94.0 Å². The van der Waals surface area contributed by atoms with E-state index in [0.29, 0.717) is 23.0 Å². The van der Waals surface area contributed by atoms with Gasteiger partial charge in [0, 0.05) is 36.1 Å². The van der Waals surface area contributed by atoms with Crippen LogP contribution in [0.3, 0.4) is 0 Å². The molecule has 1 aromatic carbocycles. The lowest BCUT2D eigenvalue weighted by molar-refractivity contribution is -0.115. The zero-order valence-electron chi connectivity index (χ0n) is 17.3. The van der Waals surface area contributed by atoms with E-state index in [-0.39, 0.29) is 23.3 Å². The molecular weight excluding hydrogens is 431 g/mol. The van der Waals surface area contributed by atoms with E-state index in [1.165, 1.54) is 24.4 Å². The first-order valence-corrected chi connectivity index (χ1v) is 12.2. The standard InChI is InChI=1S/C23H21FN4O3S/c1-32(30,31)21-10-14(8-9-25-21)12-26-23(29)18-7-2-15-11-19(15)22-20(18)13-27-28(22)17-5-3-16(24)4-6-17/h3-10,13,15,19H,2,11-12H2,1H3,(H,26,29). The van der Waals surface area contributed by atoms with Crippen molar-refractivity contribution in [3.8, 4) is 5.69 Å². The van der Waals surface area contributed by atoms with E-state index < -0.39 is 9.84 Å². The number of pyridine rings is 1. The Morgan fingerprint density at radius 2 is 2.03 bits per heavy atom. The van der Waals surface area contributed by atoms with Gasteiger partial charge in [-0.3, -0.25) is 4.79 Å². The molecule has 2 aliphatic carbocycles. The minimum Gasteiger partial charge on any atom is -0.348 e. The van der Waals surface area contributed by atoms with Crippen LogP contribution in [-0.4, -0.2) is 35.3 Å². The van der Waals surface area contributed by atoms with Crippen molar-refractivity contribution in [3.05, 3.63) is 77.5 Å². The molecular formula is C23H21FN4O3S. The van der Waals surface area contributed by atoms with Gasteiger partial charge in [0.2, 0.25) is 0 Å². The van der Waals surface area contributed by atoms with Crippen LogP contribution in [0.15, 0.2) is 59.9 Å². The molecule has 1 amide bonds. The molecule has 0 bridgehead atoms. The molecule has 164 valence electrons. The molecule has 0 saturated heterocycles. The zero-order valence-corrected chi connectivity index (χ0v) is 18.1. The molecule has 5 rings (SSSR count). The van der Waals surface area contributed by atoms with Crippen molar-refractivity contribution in [2.24, 2.45) is 5.92 Å². The predicted octanol–water partition coefficient (Wildman–Crippen LogP) is 3.02. The number of rotatable bonds is 5. The largest absolute Gasteiger partial charge is 0.348 e. The summed E-state index contributed by atoms with van der Waals surface area (Å²) in [7, 11) is -3.43. The third-order valence-electron chi connectivity index (χ3n) is 5.94. The Balaban J connectivity index is 1.41. The number of hydrogen-bond donors (Lipinski definition) is 1. The number of hydrogen-bond acceptors (Lipinski definition) is 5. The third-order valence-corrected chi connectivity index (χ3v) is 6.93. The molecule has 32 heavy (non-hydrogen) atoms. The summed E-state index contributed by atoms with van der Waals surface area (Å²) in [6, 6.07) is 9.28. The van der Waals surface area contributed by atoms with Crippen LogP contribution in [0.25, 0.3) is 11.3 Å². The molecule has 2 atom stereocenters. The van der Waals surface area contributed by atoms with Gasteiger partial charge in [0.05, 0.1) is 17.6 Å². The van der Waals surface area contributed by atoms with Crippen LogP contribution in [-0.2, 0) is 21.2 Å². The lowest BCUT2D eigenvalue weighted by Gasteiger charge is -2.11. The molecule has 7 nitrogen and oxygen atoms in total. The van der Waals surface area contributed by atoms with E-state index in [1.54, 1.807) is 29.1 Å². The van der Waals surface area contributed by atoms with E-state index in [0.717, 1.165) is 36.0 Å². The number of carbonyl (C=O) groups is 1. The number of benzene rings is 1. The second kappa shape index (κ2) is 7.67. The fourth-order valence-electron chi connectivity index (χ4n) is 4.19. The van der Waals surface area contributed by atoms with Gasteiger partial charge in [-0.25, -0.2) is 22.5 Å². The molecule has 0 aliphatic heterocycles. The van der Waals surface area contributed by atoms with Gasteiger partial charge < -0.3 is 5.32 Å². The van der Waals surface area contributed by atoms with Crippen LogP contribution in [0, 0.1) is 11.7 Å². The highest BCUT2D eigenvalue weighted by atomic mass is 32.2. The molecule has 2 unspecified atom stereocenters. The molecule has 3 aromatic rings. The van der Waals surface area contributed by atoms with Crippen molar-refractivity contribution >= 4 is 21.3 Å². The highest BCUT2D eigenvalue weighted by Gasteiger charge is 2.44. The van der Waals surface area contributed by atoms with E-state index in [1.807, 2.05) is 6.08 Å². The van der Waals surface area contributed by atoms with Gasteiger partial charge in [0.25, 0.3) is 5.91 Å². The van der Waals surface area contributed by atoms with Crippen molar-refractivity contribution in [1.82, 2.24) is 20.1 Å². The summed E-state index contributed by atoms with van der Waals surface area (Å²) in [5.41, 5.74) is 3.71. The number of sulfone groups is 1. The number of nitrogens with zero attached hydrogens (tertiary/aromatic N) is 3. The minimum absolute atomic E-state index is 0.0270. The van der Waals surface area contributed by atoms with Crippen LogP contribution < -0.4 is 5.32 Å². The molecule has 2 heterocycles. The van der Waals surface area contributed by atoms with E-state index in [2.05, 4.69) is 15.4 Å². The number of allylic oxidation sites excluding steroid dienone is 1. The first kappa shape index (κ1) is 20.6. The Labute approximate surface area is 184 Å². The Hall–Kier alpha value is -3.33. The van der Waals surface area contributed by atoms with Crippen LogP contribution in [0.5, 0.6) is 0 Å². The minimum atomic E-state index is -3.43. The molecule has 1 N–H and O–H groups in total.